The van der Waals surface area contributed by atoms with Crippen LogP contribution in [0.15, 0.2) is 18.2 Å². The number of likely N-dealkylation sites (N-methyl/N-ethyl adjacent to an activating group) is 1. The summed E-state index contributed by atoms with van der Waals surface area (Å²) in [5.74, 6) is -1.15. The minimum absolute atomic E-state index is 0.155. The highest BCUT2D eigenvalue weighted by molar-refractivity contribution is 6.42. The zero-order valence-corrected chi connectivity index (χ0v) is 10.6. The first-order chi connectivity index (χ1) is 8.02. The molecule has 0 aliphatic rings. The van der Waals surface area contributed by atoms with Gasteiger partial charge in [0, 0.05) is 12.1 Å². The third-order valence-corrected chi connectivity index (χ3v) is 3.18. The maximum absolute atomic E-state index is 11.2. The van der Waals surface area contributed by atoms with Gasteiger partial charge in [0.1, 0.15) is 0 Å². The summed E-state index contributed by atoms with van der Waals surface area (Å²) in [6.07, 6.45) is 0.482. The van der Waals surface area contributed by atoms with Gasteiger partial charge in [-0.3, -0.25) is 4.79 Å². The summed E-state index contributed by atoms with van der Waals surface area (Å²) in [6.45, 7) is 1.95. The molecular formula is C11H11Cl2NO3. The molecule has 4 nitrogen and oxygen atoms in total. The van der Waals surface area contributed by atoms with E-state index in [0.29, 0.717) is 12.0 Å². The molecule has 0 aromatic heterocycles. The lowest BCUT2D eigenvalue weighted by atomic mass is 10.1. The summed E-state index contributed by atoms with van der Waals surface area (Å²) in [7, 11) is 0. The molecule has 1 amide bonds. The van der Waals surface area contributed by atoms with Crippen LogP contribution in [0.5, 0.6) is 0 Å². The molecule has 6 heteroatoms. The van der Waals surface area contributed by atoms with Gasteiger partial charge in [-0.25, -0.2) is 4.79 Å². The van der Waals surface area contributed by atoms with E-state index in [1.165, 1.54) is 0 Å². The van der Waals surface area contributed by atoms with Gasteiger partial charge in [0.25, 0.3) is 0 Å². The Kier molecular flexibility index (Phi) is 4.78. The topological polar surface area (TPSA) is 57.6 Å². The SMILES string of the molecule is CCN(C=O)C(C(=O)O)c1cccc(Cl)c1Cl. The average Bonchev–Trinajstić information content (AvgIpc) is 2.30. The van der Waals surface area contributed by atoms with Gasteiger partial charge in [-0.1, -0.05) is 35.3 Å². The Morgan fingerprint density at radius 3 is 2.65 bits per heavy atom. The number of amides is 1. The molecule has 0 heterocycles. The normalized spacial score (nSPS) is 11.9. The van der Waals surface area contributed by atoms with Crippen molar-refractivity contribution in [2.75, 3.05) is 6.54 Å². The predicted octanol–water partition coefficient (Wildman–Crippen LogP) is 2.60. The van der Waals surface area contributed by atoms with Crippen molar-refractivity contribution in [3.8, 4) is 0 Å². The van der Waals surface area contributed by atoms with E-state index in [9.17, 15) is 14.7 Å². The number of hydrogen-bond donors (Lipinski definition) is 1. The Morgan fingerprint density at radius 2 is 2.18 bits per heavy atom. The molecule has 1 rings (SSSR count). The molecule has 0 saturated heterocycles. The number of rotatable bonds is 5. The van der Waals surface area contributed by atoms with Crippen LogP contribution in [-0.4, -0.2) is 28.9 Å². The van der Waals surface area contributed by atoms with Crippen LogP contribution >= 0.6 is 23.2 Å². The van der Waals surface area contributed by atoms with Gasteiger partial charge in [0.05, 0.1) is 10.0 Å². The molecule has 0 bridgehead atoms. The fourth-order valence-electron chi connectivity index (χ4n) is 1.50. The van der Waals surface area contributed by atoms with Crippen molar-refractivity contribution >= 4 is 35.6 Å². The first-order valence-corrected chi connectivity index (χ1v) is 5.66. The lowest BCUT2D eigenvalue weighted by molar-refractivity contribution is -0.146. The van der Waals surface area contributed by atoms with Gasteiger partial charge in [-0.2, -0.15) is 0 Å². The Labute approximate surface area is 109 Å². The Morgan fingerprint density at radius 1 is 1.53 bits per heavy atom. The van der Waals surface area contributed by atoms with Crippen molar-refractivity contribution in [1.82, 2.24) is 4.90 Å². The number of carbonyl (C=O) groups excluding carboxylic acids is 1. The van der Waals surface area contributed by atoms with Crippen LogP contribution in [-0.2, 0) is 9.59 Å². The molecule has 0 fully saturated rings. The molecule has 1 N–H and O–H groups in total. The van der Waals surface area contributed by atoms with Gasteiger partial charge >= 0.3 is 5.97 Å². The molecule has 0 aliphatic carbocycles. The fraction of sp³-hybridized carbons (Fsp3) is 0.273. The third-order valence-electron chi connectivity index (χ3n) is 2.34. The molecule has 0 radical (unpaired) electrons. The Bertz CT molecular complexity index is 437. The molecule has 17 heavy (non-hydrogen) atoms. The lowest BCUT2D eigenvalue weighted by Crippen LogP contribution is -2.33. The summed E-state index contributed by atoms with van der Waals surface area (Å²) in [4.78, 5) is 23.2. The van der Waals surface area contributed by atoms with Crippen molar-refractivity contribution in [1.29, 1.82) is 0 Å². The number of carbonyl (C=O) groups is 2. The largest absolute Gasteiger partial charge is 0.479 e. The van der Waals surface area contributed by atoms with Crippen molar-refractivity contribution in [3.63, 3.8) is 0 Å². The minimum Gasteiger partial charge on any atom is -0.479 e. The van der Waals surface area contributed by atoms with Gasteiger partial charge in [0.2, 0.25) is 6.41 Å². The summed E-state index contributed by atoms with van der Waals surface area (Å²) in [5.41, 5.74) is 0.306. The number of halogens is 2. The van der Waals surface area contributed by atoms with Crippen molar-refractivity contribution in [3.05, 3.63) is 33.8 Å². The minimum atomic E-state index is -1.15. The first kappa shape index (κ1) is 13.8. The smallest absolute Gasteiger partial charge is 0.331 e. The second-order valence-corrected chi connectivity index (χ2v) is 4.10. The van der Waals surface area contributed by atoms with E-state index < -0.39 is 12.0 Å². The summed E-state index contributed by atoms with van der Waals surface area (Å²) >= 11 is 11.8. The molecular weight excluding hydrogens is 265 g/mol. The van der Waals surface area contributed by atoms with Crippen LogP contribution in [0, 0.1) is 0 Å². The Hall–Kier alpha value is -1.26. The van der Waals surface area contributed by atoms with E-state index in [1.807, 2.05) is 0 Å². The average molecular weight is 276 g/mol. The molecule has 0 saturated carbocycles. The van der Waals surface area contributed by atoms with Gasteiger partial charge < -0.3 is 10.0 Å². The Balaban J connectivity index is 3.27. The molecule has 1 aromatic rings. The van der Waals surface area contributed by atoms with Gasteiger partial charge in [-0.15, -0.1) is 0 Å². The summed E-state index contributed by atoms with van der Waals surface area (Å²) in [5, 5.41) is 9.59. The number of nitrogens with zero attached hydrogens (tertiary/aromatic N) is 1. The standard InChI is InChI=1S/C11H11Cl2NO3/c1-2-14(6-15)10(11(16)17)7-4-3-5-8(12)9(7)13/h3-6,10H,2H2,1H3,(H,16,17). The highest BCUT2D eigenvalue weighted by Crippen LogP contribution is 2.32. The van der Waals surface area contributed by atoms with E-state index in [1.54, 1.807) is 25.1 Å². The quantitative estimate of drug-likeness (QED) is 0.841. The first-order valence-electron chi connectivity index (χ1n) is 4.90. The monoisotopic (exact) mass is 275 g/mol. The highest BCUT2D eigenvalue weighted by Gasteiger charge is 2.28. The number of hydrogen-bond acceptors (Lipinski definition) is 2. The van der Waals surface area contributed by atoms with E-state index in [-0.39, 0.29) is 16.6 Å². The van der Waals surface area contributed by atoms with Crippen LogP contribution < -0.4 is 0 Å². The van der Waals surface area contributed by atoms with Crippen LogP contribution in [0.25, 0.3) is 0 Å². The van der Waals surface area contributed by atoms with Crippen molar-refractivity contribution < 1.29 is 14.7 Å². The number of carboxylic acids is 1. The molecule has 1 unspecified atom stereocenters. The molecule has 0 spiro atoms. The number of aliphatic carboxylic acids is 1. The second-order valence-electron chi connectivity index (χ2n) is 3.32. The van der Waals surface area contributed by atoms with Gasteiger partial charge in [-0.05, 0) is 13.0 Å². The lowest BCUT2D eigenvalue weighted by Gasteiger charge is -2.24. The van der Waals surface area contributed by atoms with Crippen molar-refractivity contribution in [2.24, 2.45) is 0 Å². The summed E-state index contributed by atoms with van der Waals surface area (Å²) in [6, 6.07) is 3.57. The fourth-order valence-corrected chi connectivity index (χ4v) is 1.91. The van der Waals surface area contributed by atoms with E-state index >= 15 is 0 Å². The zero-order chi connectivity index (χ0) is 13.0. The predicted molar refractivity (Wildman–Crippen MR) is 65.3 cm³/mol. The third kappa shape index (κ3) is 2.90. The number of carboxylic acid groups (broad SMARTS) is 1. The number of benzene rings is 1. The van der Waals surface area contributed by atoms with Gasteiger partial charge in [0.15, 0.2) is 6.04 Å². The van der Waals surface area contributed by atoms with E-state index in [4.69, 9.17) is 23.2 Å². The van der Waals surface area contributed by atoms with Crippen LogP contribution in [0.4, 0.5) is 0 Å². The van der Waals surface area contributed by atoms with Crippen LogP contribution in [0.3, 0.4) is 0 Å². The van der Waals surface area contributed by atoms with Crippen LogP contribution in [0.1, 0.15) is 18.5 Å². The molecule has 1 atom stereocenters. The van der Waals surface area contributed by atoms with E-state index in [0.717, 1.165) is 4.90 Å². The summed E-state index contributed by atoms with van der Waals surface area (Å²) < 4.78 is 0. The maximum Gasteiger partial charge on any atom is 0.331 e. The molecule has 92 valence electrons. The van der Waals surface area contributed by atoms with Crippen molar-refractivity contribution in [2.45, 2.75) is 13.0 Å². The second kappa shape index (κ2) is 5.89. The highest BCUT2D eigenvalue weighted by atomic mass is 35.5. The molecule has 0 aliphatic heterocycles. The maximum atomic E-state index is 11.2. The van der Waals surface area contributed by atoms with Crippen LogP contribution in [0.2, 0.25) is 10.0 Å². The van der Waals surface area contributed by atoms with E-state index in [2.05, 4.69) is 0 Å². The molecule has 1 aromatic carbocycles. The zero-order valence-electron chi connectivity index (χ0n) is 9.06.